The van der Waals surface area contributed by atoms with Gasteiger partial charge in [0.25, 0.3) is 0 Å². The van der Waals surface area contributed by atoms with Gasteiger partial charge in [0.05, 0.1) is 13.2 Å². The van der Waals surface area contributed by atoms with Crippen molar-refractivity contribution in [2.24, 2.45) is 5.92 Å². The van der Waals surface area contributed by atoms with E-state index < -0.39 is 11.9 Å². The summed E-state index contributed by atoms with van der Waals surface area (Å²) >= 11 is 0. The molecule has 0 rings (SSSR count). The van der Waals surface area contributed by atoms with Crippen LogP contribution in [0, 0.1) is 5.92 Å². The van der Waals surface area contributed by atoms with Gasteiger partial charge in [-0.3, -0.25) is 14.4 Å². The lowest BCUT2D eigenvalue weighted by molar-refractivity contribution is -0.151. The lowest BCUT2D eigenvalue weighted by Crippen LogP contribution is -2.25. The van der Waals surface area contributed by atoms with Crippen molar-refractivity contribution < 1.29 is 23.9 Å². The third-order valence-electron chi connectivity index (χ3n) is 2.74. The lowest BCUT2D eigenvalue weighted by atomic mass is 9.95. The molecule has 0 bridgehead atoms. The van der Waals surface area contributed by atoms with E-state index in [-0.39, 0.29) is 18.4 Å². The Morgan fingerprint density at radius 1 is 0.947 bits per heavy atom. The van der Waals surface area contributed by atoms with Crippen molar-refractivity contribution in [3.8, 4) is 0 Å². The molecule has 0 saturated heterocycles. The Kier molecular flexibility index (Phi) is 9.75. The van der Waals surface area contributed by atoms with Crippen LogP contribution < -0.4 is 0 Å². The lowest BCUT2D eigenvalue weighted by Gasteiger charge is -2.13. The molecule has 0 aromatic heterocycles. The van der Waals surface area contributed by atoms with Crippen molar-refractivity contribution in [1.29, 1.82) is 0 Å². The minimum absolute atomic E-state index is 0.102. The molecule has 0 saturated carbocycles. The van der Waals surface area contributed by atoms with Crippen LogP contribution in [0.4, 0.5) is 0 Å². The molecular weight excluding hydrogens is 248 g/mol. The van der Waals surface area contributed by atoms with Crippen LogP contribution in [-0.4, -0.2) is 30.9 Å². The molecular formula is C14H24O5. The molecule has 0 radical (unpaired) electrons. The van der Waals surface area contributed by atoms with Crippen LogP contribution in [0.2, 0.25) is 0 Å². The highest BCUT2D eigenvalue weighted by Gasteiger charge is 2.25. The molecule has 5 nitrogen and oxygen atoms in total. The van der Waals surface area contributed by atoms with Gasteiger partial charge in [0.1, 0.15) is 11.7 Å². The number of carbonyl (C=O) groups excluding carboxylic acids is 3. The van der Waals surface area contributed by atoms with Crippen LogP contribution in [0.5, 0.6) is 0 Å². The van der Waals surface area contributed by atoms with Gasteiger partial charge in [0.2, 0.25) is 0 Å². The number of esters is 2. The summed E-state index contributed by atoms with van der Waals surface area (Å²) in [6.45, 7) is 5.85. The van der Waals surface area contributed by atoms with Gasteiger partial charge in [-0.1, -0.05) is 13.3 Å². The smallest absolute Gasteiger partial charge is 0.316 e. The quantitative estimate of drug-likeness (QED) is 0.346. The highest BCUT2D eigenvalue weighted by atomic mass is 16.5. The van der Waals surface area contributed by atoms with Crippen molar-refractivity contribution in [1.82, 2.24) is 0 Å². The second-order valence-electron chi connectivity index (χ2n) is 4.18. The SMILES string of the molecule is CCOC(=O)CCCCC(C(=O)CC)C(=O)OCC. The number of carbonyl (C=O) groups is 3. The zero-order valence-corrected chi connectivity index (χ0v) is 12.1. The topological polar surface area (TPSA) is 69.7 Å². The maximum absolute atomic E-state index is 11.7. The van der Waals surface area contributed by atoms with E-state index in [0.717, 1.165) is 0 Å². The number of ketones is 1. The van der Waals surface area contributed by atoms with E-state index in [9.17, 15) is 14.4 Å². The van der Waals surface area contributed by atoms with Crippen LogP contribution in [0.1, 0.15) is 52.9 Å². The van der Waals surface area contributed by atoms with Gasteiger partial charge in [-0.25, -0.2) is 0 Å². The fraction of sp³-hybridized carbons (Fsp3) is 0.786. The Morgan fingerprint density at radius 3 is 2.11 bits per heavy atom. The normalized spacial score (nSPS) is 11.7. The highest BCUT2D eigenvalue weighted by molar-refractivity contribution is 5.98. The summed E-state index contributed by atoms with van der Waals surface area (Å²) in [5, 5.41) is 0. The number of hydrogen-bond acceptors (Lipinski definition) is 5. The zero-order chi connectivity index (χ0) is 14.7. The molecule has 0 aromatic carbocycles. The summed E-state index contributed by atoms with van der Waals surface area (Å²) < 4.78 is 9.70. The Labute approximate surface area is 114 Å². The molecule has 0 aliphatic rings. The summed E-state index contributed by atoms with van der Waals surface area (Å²) in [7, 11) is 0. The fourth-order valence-corrected chi connectivity index (χ4v) is 1.75. The zero-order valence-electron chi connectivity index (χ0n) is 12.1. The number of Topliss-reactive ketones (excluding diaryl/α,β-unsaturated/α-hetero) is 1. The second-order valence-corrected chi connectivity index (χ2v) is 4.18. The van der Waals surface area contributed by atoms with Crippen molar-refractivity contribution in [2.75, 3.05) is 13.2 Å². The number of ether oxygens (including phenoxy) is 2. The molecule has 0 heterocycles. The molecule has 5 heteroatoms. The van der Waals surface area contributed by atoms with E-state index in [0.29, 0.717) is 38.7 Å². The highest BCUT2D eigenvalue weighted by Crippen LogP contribution is 2.15. The minimum atomic E-state index is -0.688. The van der Waals surface area contributed by atoms with Crippen molar-refractivity contribution in [3.63, 3.8) is 0 Å². The molecule has 110 valence electrons. The molecule has 1 unspecified atom stereocenters. The van der Waals surface area contributed by atoms with E-state index in [4.69, 9.17) is 9.47 Å². The maximum Gasteiger partial charge on any atom is 0.316 e. The van der Waals surface area contributed by atoms with Crippen LogP contribution in [0.15, 0.2) is 0 Å². The first-order chi connectivity index (χ1) is 9.06. The Morgan fingerprint density at radius 2 is 1.58 bits per heavy atom. The standard InChI is InChI=1S/C14H24O5/c1-4-12(15)11(14(17)19-6-3)9-7-8-10-13(16)18-5-2/h11H,4-10H2,1-3H3. The average Bonchev–Trinajstić information content (AvgIpc) is 2.38. The van der Waals surface area contributed by atoms with Gasteiger partial charge in [-0.05, 0) is 26.7 Å². The van der Waals surface area contributed by atoms with Gasteiger partial charge in [0, 0.05) is 12.8 Å². The number of unbranched alkanes of at least 4 members (excludes halogenated alkanes) is 1. The van der Waals surface area contributed by atoms with Crippen LogP contribution in [0.25, 0.3) is 0 Å². The van der Waals surface area contributed by atoms with E-state index in [2.05, 4.69) is 0 Å². The van der Waals surface area contributed by atoms with Crippen LogP contribution in [-0.2, 0) is 23.9 Å². The Bertz CT molecular complexity index is 298. The maximum atomic E-state index is 11.7. The molecule has 0 amide bonds. The van der Waals surface area contributed by atoms with Gasteiger partial charge < -0.3 is 9.47 Å². The predicted molar refractivity (Wildman–Crippen MR) is 70.5 cm³/mol. The Balaban J connectivity index is 4.10. The summed E-state index contributed by atoms with van der Waals surface area (Å²) in [5.74, 6) is -1.48. The summed E-state index contributed by atoms with van der Waals surface area (Å²) in [6, 6.07) is 0. The monoisotopic (exact) mass is 272 g/mol. The molecule has 0 fully saturated rings. The Hall–Kier alpha value is -1.39. The summed E-state index contributed by atoms with van der Waals surface area (Å²) in [4.78, 5) is 34.4. The van der Waals surface area contributed by atoms with E-state index >= 15 is 0 Å². The number of hydrogen-bond donors (Lipinski definition) is 0. The van der Waals surface area contributed by atoms with Crippen LogP contribution >= 0.6 is 0 Å². The van der Waals surface area contributed by atoms with E-state index in [1.165, 1.54) is 0 Å². The first-order valence-electron chi connectivity index (χ1n) is 6.91. The van der Waals surface area contributed by atoms with Crippen molar-refractivity contribution in [3.05, 3.63) is 0 Å². The first kappa shape index (κ1) is 17.6. The first-order valence-corrected chi connectivity index (χ1v) is 6.91. The molecule has 1 atom stereocenters. The largest absolute Gasteiger partial charge is 0.466 e. The summed E-state index contributed by atoms with van der Waals surface area (Å²) in [6.07, 6.45) is 2.33. The second kappa shape index (κ2) is 10.5. The molecule has 0 aromatic rings. The molecule has 0 N–H and O–H groups in total. The predicted octanol–water partition coefficient (Wildman–Crippen LogP) is 2.27. The van der Waals surface area contributed by atoms with E-state index in [1.807, 2.05) is 0 Å². The van der Waals surface area contributed by atoms with Gasteiger partial charge in [-0.2, -0.15) is 0 Å². The third-order valence-corrected chi connectivity index (χ3v) is 2.74. The van der Waals surface area contributed by atoms with Gasteiger partial charge in [-0.15, -0.1) is 0 Å². The van der Waals surface area contributed by atoms with Gasteiger partial charge >= 0.3 is 11.9 Å². The minimum Gasteiger partial charge on any atom is -0.466 e. The molecule has 19 heavy (non-hydrogen) atoms. The summed E-state index contributed by atoms with van der Waals surface area (Å²) in [5.41, 5.74) is 0. The van der Waals surface area contributed by atoms with Gasteiger partial charge in [0.15, 0.2) is 0 Å². The van der Waals surface area contributed by atoms with Crippen molar-refractivity contribution >= 4 is 17.7 Å². The average molecular weight is 272 g/mol. The van der Waals surface area contributed by atoms with Crippen LogP contribution in [0.3, 0.4) is 0 Å². The van der Waals surface area contributed by atoms with Crippen molar-refractivity contribution in [2.45, 2.75) is 52.9 Å². The van der Waals surface area contributed by atoms with E-state index in [1.54, 1.807) is 20.8 Å². The molecule has 0 aliphatic heterocycles. The fourth-order valence-electron chi connectivity index (χ4n) is 1.75. The third kappa shape index (κ3) is 7.59. The molecule has 0 aliphatic carbocycles. The number of rotatable bonds is 10. The molecule has 0 spiro atoms.